The smallest absolute Gasteiger partial charge is 0.194 e. The molecular formula is C21H34N4O2. The number of para-hydroxylation sites is 1. The highest BCUT2D eigenvalue weighted by Crippen LogP contribution is 2.28. The maximum Gasteiger partial charge on any atom is 0.194 e. The Morgan fingerprint density at radius 3 is 2.81 bits per heavy atom. The van der Waals surface area contributed by atoms with Gasteiger partial charge in [-0.2, -0.15) is 0 Å². The summed E-state index contributed by atoms with van der Waals surface area (Å²) in [6.07, 6.45) is 2.67. The van der Waals surface area contributed by atoms with Crippen molar-refractivity contribution in [2.75, 3.05) is 64.6 Å². The van der Waals surface area contributed by atoms with Gasteiger partial charge in [0.1, 0.15) is 0 Å². The number of morpholine rings is 1. The first-order valence-electron chi connectivity index (χ1n) is 10.3. The highest BCUT2D eigenvalue weighted by atomic mass is 16.5. The van der Waals surface area contributed by atoms with E-state index in [0.29, 0.717) is 6.54 Å². The number of guanidine groups is 1. The number of ether oxygens (including phenoxy) is 2. The fraction of sp³-hybridized carbons (Fsp3) is 0.667. The van der Waals surface area contributed by atoms with Gasteiger partial charge in [-0.25, -0.2) is 4.99 Å². The summed E-state index contributed by atoms with van der Waals surface area (Å²) in [5.74, 6) is 1.75. The maximum atomic E-state index is 5.77. The lowest BCUT2D eigenvalue weighted by Gasteiger charge is -2.30. The molecule has 2 fully saturated rings. The first-order chi connectivity index (χ1) is 13.3. The molecular weight excluding hydrogens is 340 g/mol. The molecule has 1 aliphatic carbocycles. The summed E-state index contributed by atoms with van der Waals surface area (Å²) in [6, 6.07) is 8.57. The molecule has 6 nitrogen and oxygen atoms in total. The van der Waals surface area contributed by atoms with Gasteiger partial charge in [-0.05, 0) is 37.3 Å². The van der Waals surface area contributed by atoms with Crippen LogP contribution in [-0.2, 0) is 16.0 Å². The zero-order valence-corrected chi connectivity index (χ0v) is 16.8. The molecule has 6 heteroatoms. The largest absolute Gasteiger partial charge is 0.379 e. The molecule has 1 saturated carbocycles. The highest BCUT2D eigenvalue weighted by molar-refractivity contribution is 5.79. The van der Waals surface area contributed by atoms with Crippen molar-refractivity contribution in [3.8, 4) is 0 Å². The van der Waals surface area contributed by atoms with Crippen LogP contribution >= 0.6 is 0 Å². The molecule has 0 atom stereocenters. The number of nitrogens with zero attached hydrogens (tertiary/aromatic N) is 3. The van der Waals surface area contributed by atoms with Crippen molar-refractivity contribution in [3.05, 3.63) is 29.8 Å². The second-order valence-corrected chi connectivity index (χ2v) is 7.34. The number of hydrogen-bond acceptors (Lipinski definition) is 4. The third kappa shape index (κ3) is 6.40. The molecule has 1 aromatic rings. The van der Waals surface area contributed by atoms with Crippen LogP contribution in [0.3, 0.4) is 0 Å². The van der Waals surface area contributed by atoms with Crippen LogP contribution in [0.1, 0.15) is 25.3 Å². The number of benzene rings is 1. The molecule has 0 spiro atoms. The van der Waals surface area contributed by atoms with Crippen molar-refractivity contribution in [1.29, 1.82) is 0 Å². The molecule has 1 aromatic carbocycles. The van der Waals surface area contributed by atoms with E-state index in [1.807, 2.05) is 0 Å². The van der Waals surface area contributed by atoms with Gasteiger partial charge in [0.15, 0.2) is 5.96 Å². The van der Waals surface area contributed by atoms with Gasteiger partial charge in [0.25, 0.3) is 0 Å². The quantitative estimate of drug-likeness (QED) is 0.408. The molecule has 0 bridgehead atoms. The van der Waals surface area contributed by atoms with Crippen LogP contribution in [0.2, 0.25) is 0 Å². The summed E-state index contributed by atoms with van der Waals surface area (Å²) in [5.41, 5.74) is 2.53. The lowest BCUT2D eigenvalue weighted by atomic mass is 10.1. The van der Waals surface area contributed by atoms with E-state index in [-0.39, 0.29) is 0 Å². The van der Waals surface area contributed by atoms with Crippen LogP contribution in [0.25, 0.3) is 0 Å². The molecule has 150 valence electrons. The molecule has 2 aliphatic rings. The van der Waals surface area contributed by atoms with Crippen LogP contribution in [-0.4, -0.2) is 70.5 Å². The van der Waals surface area contributed by atoms with E-state index in [2.05, 4.69) is 53.4 Å². The summed E-state index contributed by atoms with van der Waals surface area (Å²) in [4.78, 5) is 9.44. The van der Waals surface area contributed by atoms with E-state index in [1.165, 1.54) is 24.1 Å². The first kappa shape index (κ1) is 20.0. The molecule has 0 unspecified atom stereocenters. The van der Waals surface area contributed by atoms with Crippen LogP contribution in [0.15, 0.2) is 29.3 Å². The highest BCUT2D eigenvalue weighted by Gasteiger charge is 2.21. The summed E-state index contributed by atoms with van der Waals surface area (Å²) in [7, 11) is 2.08. The Hall–Kier alpha value is -1.79. The second kappa shape index (κ2) is 10.5. The van der Waals surface area contributed by atoms with Gasteiger partial charge in [-0.3, -0.25) is 0 Å². The van der Waals surface area contributed by atoms with E-state index >= 15 is 0 Å². The second-order valence-electron chi connectivity index (χ2n) is 7.34. The molecule has 1 N–H and O–H groups in total. The normalized spacial score (nSPS) is 17.9. The van der Waals surface area contributed by atoms with Crippen molar-refractivity contribution < 1.29 is 9.47 Å². The predicted octanol–water partition coefficient (Wildman–Crippen LogP) is 2.35. The Kier molecular flexibility index (Phi) is 7.78. The van der Waals surface area contributed by atoms with Crippen LogP contribution in [0.4, 0.5) is 5.69 Å². The molecule has 1 aliphatic heterocycles. The molecule has 0 radical (unpaired) electrons. The molecule has 1 heterocycles. The average Bonchev–Trinajstić information content (AvgIpc) is 3.53. The van der Waals surface area contributed by atoms with Crippen molar-refractivity contribution in [2.24, 2.45) is 10.9 Å². The summed E-state index contributed by atoms with van der Waals surface area (Å²) in [6.45, 7) is 9.63. The van der Waals surface area contributed by atoms with Gasteiger partial charge < -0.3 is 24.6 Å². The van der Waals surface area contributed by atoms with Gasteiger partial charge >= 0.3 is 0 Å². The number of rotatable bonds is 9. The monoisotopic (exact) mass is 374 g/mol. The molecule has 0 amide bonds. The SMILES string of the molecule is CCNC(=NCc1ccccc1N1CCOCC1)N(C)CCOCC1CC1. The van der Waals surface area contributed by atoms with E-state index in [4.69, 9.17) is 14.5 Å². The number of hydrogen-bond donors (Lipinski definition) is 1. The van der Waals surface area contributed by atoms with Crippen molar-refractivity contribution in [2.45, 2.75) is 26.3 Å². The van der Waals surface area contributed by atoms with Crippen LogP contribution in [0, 0.1) is 5.92 Å². The minimum atomic E-state index is 0.670. The molecule has 0 aromatic heterocycles. The van der Waals surface area contributed by atoms with Gasteiger partial charge in [-0.1, -0.05) is 18.2 Å². The summed E-state index contributed by atoms with van der Waals surface area (Å²) >= 11 is 0. The van der Waals surface area contributed by atoms with E-state index in [0.717, 1.165) is 64.5 Å². The Bertz CT molecular complexity index is 598. The third-order valence-corrected chi connectivity index (χ3v) is 5.06. The van der Waals surface area contributed by atoms with Crippen molar-refractivity contribution in [3.63, 3.8) is 0 Å². The van der Waals surface area contributed by atoms with Crippen LogP contribution in [0.5, 0.6) is 0 Å². The third-order valence-electron chi connectivity index (χ3n) is 5.06. The molecule has 27 heavy (non-hydrogen) atoms. The number of aliphatic imine (C=N–C) groups is 1. The lowest BCUT2D eigenvalue weighted by molar-refractivity contribution is 0.115. The van der Waals surface area contributed by atoms with E-state index < -0.39 is 0 Å². The Morgan fingerprint density at radius 1 is 1.30 bits per heavy atom. The zero-order chi connectivity index (χ0) is 18.9. The minimum Gasteiger partial charge on any atom is -0.379 e. The number of anilines is 1. The average molecular weight is 375 g/mol. The topological polar surface area (TPSA) is 49.3 Å². The summed E-state index contributed by atoms with van der Waals surface area (Å²) in [5, 5.41) is 3.40. The van der Waals surface area contributed by atoms with E-state index in [1.54, 1.807) is 0 Å². The Morgan fingerprint density at radius 2 is 2.07 bits per heavy atom. The van der Waals surface area contributed by atoms with Gasteiger partial charge in [0, 0.05) is 45.5 Å². The van der Waals surface area contributed by atoms with Gasteiger partial charge in [0.05, 0.1) is 26.4 Å². The standard InChI is InChI=1S/C21H34N4O2/c1-3-22-21(24(2)10-13-27-17-18-8-9-18)23-16-19-6-4-5-7-20(19)25-11-14-26-15-12-25/h4-7,18H,3,8-17H2,1-2H3,(H,22,23). The summed E-state index contributed by atoms with van der Waals surface area (Å²) < 4.78 is 11.3. The minimum absolute atomic E-state index is 0.670. The van der Waals surface area contributed by atoms with Crippen molar-refractivity contribution >= 4 is 11.6 Å². The number of likely N-dealkylation sites (N-methyl/N-ethyl adjacent to an activating group) is 1. The molecule has 1 saturated heterocycles. The van der Waals surface area contributed by atoms with Crippen LogP contribution < -0.4 is 10.2 Å². The fourth-order valence-electron chi connectivity index (χ4n) is 3.23. The van der Waals surface area contributed by atoms with Gasteiger partial charge in [-0.15, -0.1) is 0 Å². The van der Waals surface area contributed by atoms with Crippen molar-refractivity contribution in [1.82, 2.24) is 10.2 Å². The van der Waals surface area contributed by atoms with Gasteiger partial charge in [0.2, 0.25) is 0 Å². The Labute approximate surface area is 163 Å². The predicted molar refractivity (Wildman–Crippen MR) is 110 cm³/mol. The first-order valence-corrected chi connectivity index (χ1v) is 10.3. The Balaban J connectivity index is 1.58. The van der Waals surface area contributed by atoms with E-state index in [9.17, 15) is 0 Å². The fourth-order valence-corrected chi connectivity index (χ4v) is 3.23. The lowest BCUT2D eigenvalue weighted by Crippen LogP contribution is -2.40. The maximum absolute atomic E-state index is 5.77. The number of nitrogens with one attached hydrogen (secondary N) is 1. The zero-order valence-electron chi connectivity index (χ0n) is 16.8. The molecule has 3 rings (SSSR count).